The fourth-order valence-corrected chi connectivity index (χ4v) is 4.29. The summed E-state index contributed by atoms with van der Waals surface area (Å²) in [5.41, 5.74) is 4.33. The van der Waals surface area contributed by atoms with Crippen molar-refractivity contribution in [2.45, 2.75) is 38.5 Å². The largest absolute Gasteiger partial charge is 0.342 e. The van der Waals surface area contributed by atoms with E-state index in [1.165, 1.54) is 30.4 Å². The summed E-state index contributed by atoms with van der Waals surface area (Å²) in [6, 6.07) is 14.6. The van der Waals surface area contributed by atoms with E-state index in [0.717, 1.165) is 31.6 Å². The third-order valence-electron chi connectivity index (χ3n) is 5.84. The number of nitrogens with zero attached hydrogens (tertiary/aromatic N) is 2. The second-order valence-corrected chi connectivity index (χ2v) is 7.32. The molecule has 0 atom stereocenters. The molecular weight excluding hydrogens is 296 g/mol. The highest BCUT2D eigenvalue weighted by Crippen LogP contribution is 2.43. The number of carbonyl (C=O) groups is 1. The molecule has 0 unspecified atom stereocenters. The van der Waals surface area contributed by atoms with Crippen LogP contribution in [0.5, 0.6) is 0 Å². The molecule has 124 valence electrons. The van der Waals surface area contributed by atoms with Crippen LogP contribution >= 0.6 is 0 Å². The molecule has 1 aliphatic carbocycles. The fourth-order valence-electron chi connectivity index (χ4n) is 4.29. The summed E-state index contributed by atoms with van der Waals surface area (Å²) >= 11 is 0. The van der Waals surface area contributed by atoms with E-state index >= 15 is 0 Å². The van der Waals surface area contributed by atoms with Crippen molar-refractivity contribution in [1.29, 1.82) is 0 Å². The predicted octanol–water partition coefficient (Wildman–Crippen LogP) is 3.42. The van der Waals surface area contributed by atoms with E-state index in [2.05, 4.69) is 29.2 Å². The van der Waals surface area contributed by atoms with Gasteiger partial charge in [-0.05, 0) is 60.8 Å². The molecule has 0 N–H and O–H groups in total. The number of pyridine rings is 1. The molecule has 0 radical (unpaired) electrons. The molecule has 2 heterocycles. The van der Waals surface area contributed by atoms with E-state index < -0.39 is 0 Å². The summed E-state index contributed by atoms with van der Waals surface area (Å²) in [6.45, 7) is 1.79. The predicted molar refractivity (Wildman–Crippen MR) is 94.7 cm³/mol. The number of carbonyl (C=O) groups excluding carboxylic acids is 1. The molecule has 1 aromatic carbocycles. The summed E-state index contributed by atoms with van der Waals surface area (Å²) in [4.78, 5) is 18.8. The number of fused-ring (bicyclic) bond motifs is 1. The lowest BCUT2D eigenvalue weighted by molar-refractivity contribution is -0.133. The van der Waals surface area contributed by atoms with Crippen LogP contribution in [0.2, 0.25) is 0 Å². The molecule has 1 fully saturated rings. The van der Waals surface area contributed by atoms with Gasteiger partial charge in [-0.1, -0.05) is 30.3 Å². The standard InChI is InChI=1S/C21H24N2O/c24-20(15-19-7-3-4-12-22-19)23-13-10-21(11-14-23)9-8-17-5-1-2-6-18(17)16-21/h1-7,12H,8-11,13-16H2. The van der Waals surface area contributed by atoms with Gasteiger partial charge < -0.3 is 4.90 Å². The molecule has 1 aliphatic heterocycles. The molecule has 0 bridgehead atoms. The van der Waals surface area contributed by atoms with Gasteiger partial charge in [-0.2, -0.15) is 0 Å². The van der Waals surface area contributed by atoms with E-state index in [0.29, 0.717) is 11.8 Å². The maximum Gasteiger partial charge on any atom is 0.228 e. The first kappa shape index (κ1) is 15.4. The Hall–Kier alpha value is -2.16. The lowest BCUT2D eigenvalue weighted by Crippen LogP contribution is -2.45. The molecule has 2 aliphatic rings. The summed E-state index contributed by atoms with van der Waals surface area (Å²) in [5, 5.41) is 0. The Morgan fingerprint density at radius 1 is 1.00 bits per heavy atom. The SMILES string of the molecule is O=C(Cc1ccccn1)N1CCC2(CCc3ccccc3C2)CC1. The Kier molecular flexibility index (Phi) is 4.09. The van der Waals surface area contributed by atoms with Crippen molar-refractivity contribution in [2.24, 2.45) is 5.41 Å². The van der Waals surface area contributed by atoms with Gasteiger partial charge >= 0.3 is 0 Å². The summed E-state index contributed by atoms with van der Waals surface area (Å²) in [6.07, 6.45) is 8.10. The minimum Gasteiger partial charge on any atom is -0.342 e. The van der Waals surface area contributed by atoms with Gasteiger partial charge in [-0.15, -0.1) is 0 Å². The molecule has 1 saturated heterocycles. The van der Waals surface area contributed by atoms with Crippen LogP contribution in [-0.2, 0) is 24.1 Å². The van der Waals surface area contributed by atoms with Crippen LogP contribution < -0.4 is 0 Å². The van der Waals surface area contributed by atoms with Gasteiger partial charge in [-0.3, -0.25) is 9.78 Å². The van der Waals surface area contributed by atoms with Crippen LogP contribution in [-0.4, -0.2) is 28.9 Å². The zero-order chi connectivity index (χ0) is 16.4. The van der Waals surface area contributed by atoms with Gasteiger partial charge in [0.05, 0.1) is 6.42 Å². The molecule has 1 spiro atoms. The Labute approximate surface area is 143 Å². The molecule has 1 amide bonds. The molecule has 2 aromatic rings. The normalized spacial score (nSPS) is 19.1. The number of hydrogen-bond acceptors (Lipinski definition) is 2. The van der Waals surface area contributed by atoms with E-state index in [1.54, 1.807) is 6.20 Å². The lowest BCUT2D eigenvalue weighted by atomic mass is 9.66. The van der Waals surface area contributed by atoms with Crippen LogP contribution in [0.15, 0.2) is 48.7 Å². The zero-order valence-corrected chi connectivity index (χ0v) is 14.1. The van der Waals surface area contributed by atoms with Crippen LogP contribution in [0.25, 0.3) is 0 Å². The Balaban J connectivity index is 1.38. The van der Waals surface area contributed by atoms with Crippen molar-refractivity contribution in [3.05, 3.63) is 65.5 Å². The second-order valence-electron chi connectivity index (χ2n) is 7.32. The highest BCUT2D eigenvalue weighted by molar-refractivity contribution is 5.78. The van der Waals surface area contributed by atoms with Crippen molar-refractivity contribution in [3.63, 3.8) is 0 Å². The second kappa shape index (κ2) is 6.39. The molecule has 3 nitrogen and oxygen atoms in total. The van der Waals surface area contributed by atoms with Crippen molar-refractivity contribution in [1.82, 2.24) is 9.88 Å². The average Bonchev–Trinajstić information content (AvgIpc) is 2.63. The summed E-state index contributed by atoms with van der Waals surface area (Å²) in [7, 11) is 0. The molecule has 3 heteroatoms. The van der Waals surface area contributed by atoms with E-state index in [-0.39, 0.29) is 5.91 Å². The van der Waals surface area contributed by atoms with Crippen LogP contribution in [0, 0.1) is 5.41 Å². The fraction of sp³-hybridized carbons (Fsp3) is 0.429. The highest BCUT2D eigenvalue weighted by atomic mass is 16.2. The molecular formula is C21H24N2O. The maximum atomic E-state index is 12.5. The minimum atomic E-state index is 0.222. The quantitative estimate of drug-likeness (QED) is 0.849. The Bertz CT molecular complexity index is 718. The highest BCUT2D eigenvalue weighted by Gasteiger charge is 2.38. The number of piperidine rings is 1. The Morgan fingerprint density at radius 3 is 2.50 bits per heavy atom. The number of benzene rings is 1. The van der Waals surface area contributed by atoms with E-state index in [9.17, 15) is 4.79 Å². The van der Waals surface area contributed by atoms with Gasteiger partial charge in [-0.25, -0.2) is 0 Å². The average molecular weight is 320 g/mol. The van der Waals surface area contributed by atoms with Gasteiger partial charge in [0, 0.05) is 25.0 Å². The molecule has 0 saturated carbocycles. The summed E-state index contributed by atoms with van der Waals surface area (Å²) in [5.74, 6) is 0.222. The monoisotopic (exact) mass is 320 g/mol. The van der Waals surface area contributed by atoms with Crippen molar-refractivity contribution in [2.75, 3.05) is 13.1 Å². The lowest BCUT2D eigenvalue weighted by Gasteiger charge is -2.44. The van der Waals surface area contributed by atoms with Gasteiger partial charge in [0.2, 0.25) is 5.91 Å². The summed E-state index contributed by atoms with van der Waals surface area (Å²) < 4.78 is 0. The smallest absolute Gasteiger partial charge is 0.228 e. The van der Waals surface area contributed by atoms with Crippen molar-refractivity contribution in [3.8, 4) is 0 Å². The molecule has 4 rings (SSSR count). The Morgan fingerprint density at radius 2 is 1.75 bits per heavy atom. The number of hydrogen-bond donors (Lipinski definition) is 0. The van der Waals surface area contributed by atoms with Crippen LogP contribution in [0.1, 0.15) is 36.1 Å². The topological polar surface area (TPSA) is 33.2 Å². The van der Waals surface area contributed by atoms with Crippen molar-refractivity contribution >= 4 is 5.91 Å². The van der Waals surface area contributed by atoms with E-state index in [4.69, 9.17) is 0 Å². The third kappa shape index (κ3) is 3.08. The first-order valence-electron chi connectivity index (χ1n) is 8.99. The minimum absolute atomic E-state index is 0.222. The molecule has 24 heavy (non-hydrogen) atoms. The number of aryl methyl sites for hydroxylation is 1. The first-order chi connectivity index (χ1) is 11.7. The number of rotatable bonds is 2. The molecule has 1 aromatic heterocycles. The number of aromatic nitrogens is 1. The zero-order valence-electron chi connectivity index (χ0n) is 14.1. The van der Waals surface area contributed by atoms with Crippen molar-refractivity contribution < 1.29 is 4.79 Å². The van der Waals surface area contributed by atoms with Gasteiger partial charge in [0.1, 0.15) is 0 Å². The first-order valence-corrected chi connectivity index (χ1v) is 8.99. The third-order valence-corrected chi connectivity index (χ3v) is 5.84. The van der Waals surface area contributed by atoms with Crippen LogP contribution in [0.3, 0.4) is 0 Å². The number of amides is 1. The van der Waals surface area contributed by atoms with Gasteiger partial charge in [0.25, 0.3) is 0 Å². The number of likely N-dealkylation sites (tertiary alicyclic amines) is 1. The van der Waals surface area contributed by atoms with Crippen LogP contribution in [0.4, 0.5) is 0 Å². The van der Waals surface area contributed by atoms with E-state index in [1.807, 2.05) is 23.1 Å². The maximum absolute atomic E-state index is 12.5. The van der Waals surface area contributed by atoms with Gasteiger partial charge in [0.15, 0.2) is 0 Å².